The van der Waals surface area contributed by atoms with Crippen LogP contribution >= 0.6 is 11.3 Å². The van der Waals surface area contributed by atoms with E-state index >= 15 is 0 Å². The maximum atomic E-state index is 12.6. The molecule has 0 radical (unpaired) electrons. The molecule has 0 unspecified atom stereocenters. The molecule has 0 atom stereocenters. The van der Waals surface area contributed by atoms with E-state index in [1.165, 1.54) is 11.3 Å². The summed E-state index contributed by atoms with van der Waals surface area (Å²) in [5, 5.41) is 15.1. The fourth-order valence-electron chi connectivity index (χ4n) is 3.00. The van der Waals surface area contributed by atoms with Gasteiger partial charge in [0.25, 0.3) is 5.91 Å². The van der Waals surface area contributed by atoms with E-state index in [0.717, 1.165) is 21.3 Å². The zero-order valence-corrected chi connectivity index (χ0v) is 16.1. The monoisotopic (exact) mass is 403 g/mol. The molecule has 0 spiro atoms. The Labute approximate surface area is 170 Å². The predicted molar refractivity (Wildman–Crippen MR) is 112 cm³/mol. The molecule has 29 heavy (non-hydrogen) atoms. The molecule has 6 nitrogen and oxygen atoms in total. The molecule has 0 bridgehead atoms. The molecule has 4 aromatic rings. The third kappa shape index (κ3) is 4.01. The van der Waals surface area contributed by atoms with E-state index < -0.39 is 11.8 Å². The van der Waals surface area contributed by atoms with Gasteiger partial charge in [0, 0.05) is 22.1 Å². The van der Waals surface area contributed by atoms with Crippen LogP contribution in [-0.4, -0.2) is 27.1 Å². The van der Waals surface area contributed by atoms with Gasteiger partial charge < -0.3 is 5.73 Å². The quantitative estimate of drug-likeness (QED) is 0.387. The summed E-state index contributed by atoms with van der Waals surface area (Å²) in [5.41, 5.74) is 7.63. The minimum atomic E-state index is -0.528. The molecule has 1 aromatic heterocycles. The number of thiazole rings is 1. The lowest BCUT2D eigenvalue weighted by Crippen LogP contribution is -2.27. The Morgan fingerprint density at radius 1 is 0.966 bits per heavy atom. The van der Waals surface area contributed by atoms with E-state index in [1.807, 2.05) is 35.7 Å². The number of amides is 2. The fraction of sp³-hybridized carbons (Fsp3) is 0.0455. The number of nitrogens with two attached hydrogens (primary N) is 1. The van der Waals surface area contributed by atoms with Crippen molar-refractivity contribution < 1.29 is 14.8 Å². The molecular weight excluding hydrogens is 386 g/mol. The first kappa shape index (κ1) is 18.8. The van der Waals surface area contributed by atoms with E-state index in [9.17, 15) is 14.8 Å². The number of carbonyl (C=O) groups excluding carboxylic acids is 2. The number of rotatable bonds is 5. The number of nitrogens with zero attached hydrogens (tertiary/aromatic N) is 2. The Hall–Kier alpha value is -3.55. The Balaban J connectivity index is 1.51. The molecule has 0 saturated carbocycles. The van der Waals surface area contributed by atoms with Crippen molar-refractivity contribution in [3.63, 3.8) is 0 Å². The Kier molecular flexibility index (Phi) is 5.07. The van der Waals surface area contributed by atoms with Crippen molar-refractivity contribution in [3.8, 4) is 10.6 Å². The highest BCUT2D eigenvalue weighted by atomic mass is 32.1. The highest BCUT2D eigenvalue weighted by Gasteiger charge is 2.16. The van der Waals surface area contributed by atoms with Gasteiger partial charge in [-0.25, -0.2) is 10.0 Å². The van der Waals surface area contributed by atoms with Crippen molar-refractivity contribution >= 4 is 33.9 Å². The van der Waals surface area contributed by atoms with Gasteiger partial charge in [-0.2, -0.15) is 0 Å². The second-order valence-electron chi connectivity index (χ2n) is 6.51. The number of hydrogen-bond acceptors (Lipinski definition) is 5. The average molecular weight is 403 g/mol. The van der Waals surface area contributed by atoms with Crippen molar-refractivity contribution in [1.29, 1.82) is 0 Å². The zero-order valence-electron chi connectivity index (χ0n) is 15.3. The van der Waals surface area contributed by atoms with Crippen molar-refractivity contribution in [2.45, 2.75) is 6.54 Å². The van der Waals surface area contributed by atoms with Crippen LogP contribution in [0, 0.1) is 0 Å². The Bertz CT molecular complexity index is 1200. The van der Waals surface area contributed by atoms with Crippen LogP contribution in [0.1, 0.15) is 26.4 Å². The van der Waals surface area contributed by atoms with Crippen LogP contribution in [0.4, 0.5) is 0 Å². The van der Waals surface area contributed by atoms with Crippen molar-refractivity contribution in [1.82, 2.24) is 10.0 Å². The second-order valence-corrected chi connectivity index (χ2v) is 7.37. The third-order valence-electron chi connectivity index (χ3n) is 4.49. The number of carbonyl (C=O) groups is 2. The minimum Gasteiger partial charge on any atom is -0.366 e. The fourth-order valence-corrected chi connectivity index (χ4v) is 3.82. The number of primary amides is 1. The first-order valence-electron chi connectivity index (χ1n) is 8.85. The average Bonchev–Trinajstić information content (AvgIpc) is 3.21. The molecule has 0 saturated heterocycles. The number of benzene rings is 3. The predicted octanol–water partition coefficient (Wildman–Crippen LogP) is 4.09. The summed E-state index contributed by atoms with van der Waals surface area (Å²) in [7, 11) is 0. The molecule has 0 aliphatic heterocycles. The summed E-state index contributed by atoms with van der Waals surface area (Å²) in [5.74, 6) is -1.04. The summed E-state index contributed by atoms with van der Waals surface area (Å²) in [6, 6.07) is 19.7. The van der Waals surface area contributed by atoms with Crippen molar-refractivity contribution in [2.24, 2.45) is 5.73 Å². The summed E-state index contributed by atoms with van der Waals surface area (Å²) in [4.78, 5) is 28.4. The maximum absolute atomic E-state index is 12.6. The van der Waals surface area contributed by atoms with Crippen LogP contribution in [0.2, 0.25) is 0 Å². The largest absolute Gasteiger partial charge is 0.366 e. The summed E-state index contributed by atoms with van der Waals surface area (Å²) < 4.78 is 0. The lowest BCUT2D eigenvalue weighted by Gasteiger charge is -2.14. The van der Waals surface area contributed by atoms with Crippen molar-refractivity contribution in [3.05, 3.63) is 88.9 Å². The molecule has 1 heterocycles. The third-order valence-corrected chi connectivity index (χ3v) is 5.43. The normalized spacial score (nSPS) is 10.8. The lowest BCUT2D eigenvalue weighted by molar-refractivity contribution is -0.0654. The van der Waals surface area contributed by atoms with E-state index in [4.69, 9.17) is 5.73 Å². The Morgan fingerprint density at radius 2 is 1.62 bits per heavy atom. The molecular formula is C22H17N3O3S. The topological polar surface area (TPSA) is 96.5 Å². The van der Waals surface area contributed by atoms with Gasteiger partial charge in [0.2, 0.25) is 5.91 Å². The van der Waals surface area contributed by atoms with Gasteiger partial charge in [-0.1, -0.05) is 42.5 Å². The molecule has 144 valence electrons. The number of hydrogen-bond donors (Lipinski definition) is 2. The maximum Gasteiger partial charge on any atom is 0.277 e. The van der Waals surface area contributed by atoms with Crippen LogP contribution in [0.25, 0.3) is 21.3 Å². The van der Waals surface area contributed by atoms with E-state index in [2.05, 4.69) is 4.98 Å². The molecule has 2 amide bonds. The zero-order chi connectivity index (χ0) is 20.4. The second kappa shape index (κ2) is 7.83. The van der Waals surface area contributed by atoms with Crippen LogP contribution in [0.3, 0.4) is 0 Å². The number of aromatic nitrogens is 1. The van der Waals surface area contributed by atoms with Crippen LogP contribution in [0.15, 0.2) is 72.1 Å². The molecule has 0 aliphatic rings. The van der Waals surface area contributed by atoms with Gasteiger partial charge in [-0.15, -0.1) is 11.3 Å². The smallest absolute Gasteiger partial charge is 0.277 e. The standard InChI is InChI=1S/C22H17N3O3S/c23-20(26)17-8-6-16-11-18(9-7-15(16)10-17)22(27)25(28)12-19-13-29-21(24-19)14-4-2-1-3-5-14/h1-11,13,28H,12H2,(H2,23,26). The molecule has 3 N–H and O–H groups in total. The van der Waals surface area contributed by atoms with E-state index in [-0.39, 0.29) is 6.54 Å². The molecule has 0 aliphatic carbocycles. The molecule has 3 aromatic carbocycles. The van der Waals surface area contributed by atoms with Crippen LogP contribution in [0.5, 0.6) is 0 Å². The summed E-state index contributed by atoms with van der Waals surface area (Å²) in [6.45, 7) is -0.0131. The van der Waals surface area contributed by atoms with Gasteiger partial charge in [0.1, 0.15) is 5.01 Å². The number of fused-ring (bicyclic) bond motifs is 1. The first-order chi connectivity index (χ1) is 14.0. The van der Waals surface area contributed by atoms with Crippen LogP contribution < -0.4 is 5.73 Å². The van der Waals surface area contributed by atoms with Gasteiger partial charge >= 0.3 is 0 Å². The van der Waals surface area contributed by atoms with Crippen molar-refractivity contribution in [2.75, 3.05) is 0 Å². The molecule has 4 rings (SSSR count). The first-order valence-corrected chi connectivity index (χ1v) is 9.73. The van der Waals surface area contributed by atoms with E-state index in [0.29, 0.717) is 21.9 Å². The highest BCUT2D eigenvalue weighted by molar-refractivity contribution is 7.13. The lowest BCUT2D eigenvalue weighted by atomic mass is 10.0. The summed E-state index contributed by atoms with van der Waals surface area (Å²) >= 11 is 1.46. The van der Waals surface area contributed by atoms with Gasteiger partial charge in [0.05, 0.1) is 12.2 Å². The SMILES string of the molecule is NC(=O)c1ccc2cc(C(=O)N(O)Cc3csc(-c4ccccc4)n3)ccc2c1. The van der Waals surface area contributed by atoms with Gasteiger partial charge in [0.15, 0.2) is 0 Å². The highest BCUT2D eigenvalue weighted by Crippen LogP contribution is 2.24. The van der Waals surface area contributed by atoms with Gasteiger partial charge in [-0.05, 0) is 35.0 Å². The van der Waals surface area contributed by atoms with Gasteiger partial charge in [-0.3, -0.25) is 14.8 Å². The number of hydroxylamine groups is 2. The van der Waals surface area contributed by atoms with E-state index in [1.54, 1.807) is 36.4 Å². The minimum absolute atomic E-state index is 0.0131. The molecule has 0 fully saturated rings. The Morgan fingerprint density at radius 3 is 2.31 bits per heavy atom. The molecule has 7 heteroatoms. The summed E-state index contributed by atoms with van der Waals surface area (Å²) in [6.07, 6.45) is 0. The van der Waals surface area contributed by atoms with Crippen LogP contribution in [-0.2, 0) is 6.54 Å².